The minimum atomic E-state index is -3.14. The van der Waals surface area contributed by atoms with Crippen molar-refractivity contribution in [1.82, 2.24) is 4.90 Å². The zero-order valence-corrected chi connectivity index (χ0v) is 13.5. The first-order valence-electron chi connectivity index (χ1n) is 6.24. The van der Waals surface area contributed by atoms with Crippen LogP contribution in [0.2, 0.25) is 0 Å². The molecule has 1 aliphatic rings. The Morgan fingerprint density at radius 1 is 1.52 bits per heavy atom. The van der Waals surface area contributed by atoms with Crippen LogP contribution < -0.4 is 0 Å². The molecule has 112 valence electrons. The van der Waals surface area contributed by atoms with Crippen molar-refractivity contribution in [3.63, 3.8) is 0 Å². The maximum absolute atomic E-state index is 13.3. The second-order valence-corrected chi connectivity index (χ2v) is 7.90. The van der Waals surface area contributed by atoms with Crippen LogP contribution >= 0.6 is 15.9 Å². The van der Waals surface area contributed by atoms with E-state index < -0.39 is 27.6 Å². The monoisotopic (exact) mass is 373 g/mol. The third kappa shape index (κ3) is 3.63. The summed E-state index contributed by atoms with van der Waals surface area (Å²) >= 11 is 3.20. The van der Waals surface area contributed by atoms with Crippen molar-refractivity contribution in [1.29, 1.82) is 0 Å². The average molecular weight is 374 g/mol. The van der Waals surface area contributed by atoms with Crippen LogP contribution in [0, 0.1) is 18.2 Å². The first-order valence-corrected chi connectivity index (χ1v) is 8.85. The molecule has 4 nitrogen and oxygen atoms in total. The summed E-state index contributed by atoms with van der Waals surface area (Å²) in [4.78, 5) is 13.9. The predicted molar refractivity (Wildman–Crippen MR) is 81.0 cm³/mol. The molecule has 0 bridgehead atoms. The Hall–Kier alpha value is -1.39. The summed E-state index contributed by atoms with van der Waals surface area (Å²) in [6, 6.07) is 3.31. The lowest BCUT2D eigenvalue weighted by Crippen LogP contribution is -2.41. The van der Waals surface area contributed by atoms with Crippen molar-refractivity contribution < 1.29 is 17.6 Å². The van der Waals surface area contributed by atoms with Gasteiger partial charge in [-0.05, 0) is 40.5 Å². The highest BCUT2D eigenvalue weighted by molar-refractivity contribution is 9.10. The molecule has 21 heavy (non-hydrogen) atoms. The molecule has 1 atom stereocenters. The fourth-order valence-corrected chi connectivity index (χ4v) is 4.45. The van der Waals surface area contributed by atoms with E-state index in [2.05, 4.69) is 21.9 Å². The molecule has 2 rings (SSSR count). The molecule has 7 heteroatoms. The molecule has 0 radical (unpaired) electrons. The smallest absolute Gasteiger partial charge is 0.256 e. The van der Waals surface area contributed by atoms with Gasteiger partial charge in [-0.15, -0.1) is 6.42 Å². The molecule has 1 aliphatic heterocycles. The molecule has 0 spiro atoms. The second-order valence-electron chi connectivity index (χ2n) is 4.82. The largest absolute Gasteiger partial charge is 0.323 e. The first-order chi connectivity index (χ1) is 9.84. The number of sulfone groups is 1. The van der Waals surface area contributed by atoms with Gasteiger partial charge in [0.15, 0.2) is 9.84 Å². The molecule has 1 fully saturated rings. The van der Waals surface area contributed by atoms with Crippen LogP contribution in [0.5, 0.6) is 0 Å². The van der Waals surface area contributed by atoms with Gasteiger partial charge in [0.05, 0.1) is 23.6 Å². The van der Waals surface area contributed by atoms with Crippen LogP contribution in [0.25, 0.3) is 0 Å². The number of halogens is 2. The number of hydrogen-bond acceptors (Lipinski definition) is 3. The quantitative estimate of drug-likeness (QED) is 0.759. The van der Waals surface area contributed by atoms with E-state index in [1.54, 1.807) is 0 Å². The number of amides is 1. The Morgan fingerprint density at radius 3 is 2.81 bits per heavy atom. The summed E-state index contributed by atoms with van der Waals surface area (Å²) in [5, 5.41) is 0. The van der Waals surface area contributed by atoms with E-state index in [1.165, 1.54) is 17.0 Å². The van der Waals surface area contributed by atoms with Crippen molar-refractivity contribution in [3.05, 3.63) is 34.1 Å². The molecular formula is C14H13BrFNO3S. The number of benzene rings is 1. The van der Waals surface area contributed by atoms with Gasteiger partial charge >= 0.3 is 0 Å². The van der Waals surface area contributed by atoms with E-state index in [9.17, 15) is 17.6 Å². The number of hydrogen-bond donors (Lipinski definition) is 0. The minimum Gasteiger partial charge on any atom is -0.323 e. The fraction of sp³-hybridized carbons (Fsp3) is 0.357. The molecule has 0 aromatic heterocycles. The molecule has 0 saturated carbocycles. The van der Waals surface area contributed by atoms with E-state index in [1.807, 2.05) is 0 Å². The van der Waals surface area contributed by atoms with Gasteiger partial charge in [-0.25, -0.2) is 12.8 Å². The highest BCUT2D eigenvalue weighted by Gasteiger charge is 2.35. The van der Waals surface area contributed by atoms with Crippen LogP contribution in [-0.2, 0) is 9.84 Å². The number of carbonyl (C=O) groups is 1. The molecule has 1 aromatic carbocycles. The van der Waals surface area contributed by atoms with E-state index in [-0.39, 0.29) is 23.6 Å². The highest BCUT2D eigenvalue weighted by atomic mass is 79.9. The van der Waals surface area contributed by atoms with Gasteiger partial charge in [0.1, 0.15) is 5.82 Å². The summed E-state index contributed by atoms with van der Waals surface area (Å²) in [5.41, 5.74) is 0.134. The van der Waals surface area contributed by atoms with Gasteiger partial charge in [0.2, 0.25) is 0 Å². The Kier molecular flexibility index (Phi) is 4.69. The Bertz CT molecular complexity index is 711. The SMILES string of the molecule is C#CCN(C(=O)c1cc(F)ccc1Br)C1CCS(=O)(=O)C1. The van der Waals surface area contributed by atoms with Gasteiger partial charge in [-0.1, -0.05) is 5.92 Å². The molecule has 1 unspecified atom stereocenters. The van der Waals surface area contributed by atoms with Gasteiger partial charge < -0.3 is 4.90 Å². The zero-order valence-electron chi connectivity index (χ0n) is 11.1. The Morgan fingerprint density at radius 2 is 2.24 bits per heavy atom. The van der Waals surface area contributed by atoms with E-state index in [0.717, 1.165) is 6.07 Å². The van der Waals surface area contributed by atoms with E-state index in [4.69, 9.17) is 6.42 Å². The summed E-state index contributed by atoms with van der Waals surface area (Å²) in [6.45, 7) is -0.0119. The van der Waals surface area contributed by atoms with Gasteiger partial charge in [0.25, 0.3) is 5.91 Å². The molecule has 0 aliphatic carbocycles. The summed E-state index contributed by atoms with van der Waals surface area (Å²) < 4.78 is 36.9. The number of rotatable bonds is 3. The van der Waals surface area contributed by atoms with Crippen LogP contribution in [0.3, 0.4) is 0 Å². The standard InChI is InChI=1S/C14H13BrFNO3S/c1-2-6-17(11-5-7-21(19,20)9-11)14(18)12-8-10(16)3-4-13(12)15/h1,3-4,8,11H,5-7,9H2. The lowest BCUT2D eigenvalue weighted by atomic mass is 10.1. The summed E-state index contributed by atoms with van der Waals surface area (Å²) in [6.07, 6.45) is 5.62. The zero-order chi connectivity index (χ0) is 15.6. The second kappa shape index (κ2) is 6.16. The maximum Gasteiger partial charge on any atom is 0.256 e. The van der Waals surface area contributed by atoms with Crippen LogP contribution in [0.15, 0.2) is 22.7 Å². The fourth-order valence-electron chi connectivity index (χ4n) is 2.30. The van der Waals surface area contributed by atoms with Crippen LogP contribution in [-0.4, -0.2) is 43.3 Å². The lowest BCUT2D eigenvalue weighted by molar-refractivity contribution is 0.0723. The molecule has 0 N–H and O–H groups in total. The molecular weight excluding hydrogens is 361 g/mol. The van der Waals surface area contributed by atoms with Crippen molar-refractivity contribution in [2.24, 2.45) is 0 Å². The molecule has 1 aromatic rings. The number of terminal acetylenes is 1. The summed E-state index contributed by atoms with van der Waals surface area (Å²) in [7, 11) is -3.14. The van der Waals surface area contributed by atoms with E-state index >= 15 is 0 Å². The predicted octanol–water partition coefficient (Wildman–Crippen LogP) is 1.85. The number of carbonyl (C=O) groups excluding carboxylic acids is 1. The lowest BCUT2D eigenvalue weighted by Gasteiger charge is -2.26. The average Bonchev–Trinajstić information content (AvgIpc) is 2.78. The van der Waals surface area contributed by atoms with Crippen LogP contribution in [0.4, 0.5) is 4.39 Å². The van der Waals surface area contributed by atoms with E-state index in [0.29, 0.717) is 10.9 Å². The summed E-state index contributed by atoms with van der Waals surface area (Å²) in [5.74, 6) is 1.28. The van der Waals surface area contributed by atoms with Gasteiger partial charge in [0, 0.05) is 10.5 Å². The normalized spacial score (nSPS) is 20.0. The Balaban J connectivity index is 2.32. The van der Waals surface area contributed by atoms with Gasteiger partial charge in [-0.3, -0.25) is 4.79 Å². The first kappa shape index (κ1) is 16.0. The Labute approximate surface area is 131 Å². The topological polar surface area (TPSA) is 54.5 Å². The number of nitrogens with zero attached hydrogens (tertiary/aromatic N) is 1. The third-order valence-electron chi connectivity index (χ3n) is 3.33. The highest BCUT2D eigenvalue weighted by Crippen LogP contribution is 2.24. The molecule has 1 amide bonds. The van der Waals surface area contributed by atoms with Crippen molar-refractivity contribution in [2.75, 3.05) is 18.1 Å². The van der Waals surface area contributed by atoms with Crippen molar-refractivity contribution in [2.45, 2.75) is 12.5 Å². The van der Waals surface area contributed by atoms with Crippen molar-refractivity contribution >= 4 is 31.7 Å². The van der Waals surface area contributed by atoms with Gasteiger partial charge in [-0.2, -0.15) is 0 Å². The minimum absolute atomic E-state index is 0.0119. The van der Waals surface area contributed by atoms with Crippen molar-refractivity contribution in [3.8, 4) is 12.3 Å². The van der Waals surface area contributed by atoms with Crippen LogP contribution in [0.1, 0.15) is 16.8 Å². The molecule has 1 saturated heterocycles. The molecule has 1 heterocycles. The maximum atomic E-state index is 13.3. The third-order valence-corrected chi connectivity index (χ3v) is 5.77.